The van der Waals surface area contributed by atoms with Crippen molar-refractivity contribution >= 4 is 17.9 Å². The van der Waals surface area contributed by atoms with Crippen molar-refractivity contribution in [1.82, 2.24) is 9.78 Å². The quantitative estimate of drug-likeness (QED) is 0.622. The van der Waals surface area contributed by atoms with Crippen LogP contribution in [0.2, 0.25) is 0 Å². The van der Waals surface area contributed by atoms with Crippen molar-refractivity contribution in [1.29, 1.82) is 0 Å². The molecule has 0 saturated heterocycles. The summed E-state index contributed by atoms with van der Waals surface area (Å²) in [5, 5.41) is 8.71. The van der Waals surface area contributed by atoms with E-state index in [4.69, 9.17) is 0 Å². The third kappa shape index (κ3) is 1.20. The van der Waals surface area contributed by atoms with Gasteiger partial charge in [-0.1, -0.05) is 0 Å². The molecular weight excluding hydrogens is 175 g/mol. The molecule has 0 bridgehead atoms. The number of aromatic nitrogens is 2. The fourth-order valence-corrected chi connectivity index (χ4v) is 1.15. The number of halogens is 1. The highest BCUT2D eigenvalue weighted by molar-refractivity contribution is 5.94. The Kier molecular flexibility index (Phi) is 1.80. The van der Waals surface area contributed by atoms with E-state index in [1.165, 1.54) is 6.21 Å². The number of amides is 1. The van der Waals surface area contributed by atoms with Crippen LogP contribution >= 0.6 is 0 Å². The summed E-state index contributed by atoms with van der Waals surface area (Å²) in [5.74, 6) is -0.178. The van der Waals surface area contributed by atoms with E-state index >= 15 is 0 Å². The Morgan fingerprint density at radius 2 is 2.54 bits per heavy atom. The molecule has 2 rings (SSSR count). The third-order valence-corrected chi connectivity index (χ3v) is 1.71. The molecule has 1 aliphatic rings. The molecule has 0 atom stereocenters. The summed E-state index contributed by atoms with van der Waals surface area (Å²) in [6.07, 6.45) is 3.05. The van der Waals surface area contributed by atoms with Gasteiger partial charge < -0.3 is 0 Å². The number of rotatable bonds is 1. The van der Waals surface area contributed by atoms with Crippen LogP contribution < -0.4 is 5.01 Å². The highest BCUT2D eigenvalue weighted by Gasteiger charge is 2.20. The zero-order valence-corrected chi connectivity index (χ0v) is 6.72. The van der Waals surface area contributed by atoms with Gasteiger partial charge in [0.1, 0.15) is 0 Å². The molecule has 0 aliphatic carbocycles. The van der Waals surface area contributed by atoms with Crippen LogP contribution in [0.5, 0.6) is 0 Å². The predicted octanol–water partition coefficient (Wildman–Crippen LogP) is 0.185. The molecule has 0 aromatic carbocycles. The lowest BCUT2D eigenvalue weighted by atomic mass is 10.5. The maximum absolute atomic E-state index is 12.1. The maximum Gasteiger partial charge on any atom is 0.280 e. The molecule has 1 amide bonds. The number of anilines is 1. The lowest BCUT2D eigenvalue weighted by molar-refractivity contribution is -0.119. The first-order chi connectivity index (χ1) is 6.33. The first-order valence-corrected chi connectivity index (χ1v) is 3.76. The van der Waals surface area contributed by atoms with Crippen molar-refractivity contribution in [2.45, 2.75) is 6.54 Å². The third-order valence-electron chi connectivity index (χ3n) is 1.71. The summed E-state index contributed by atoms with van der Waals surface area (Å²) in [5.41, 5.74) is 0. The van der Waals surface area contributed by atoms with Gasteiger partial charge in [-0.25, -0.2) is 9.07 Å². The standard InChI is InChI=1S/C7H7FN4O/c8-5-7(13)12-6-1-2-9-11(6)4-3-10-12/h1-3H,4-5H2. The van der Waals surface area contributed by atoms with Gasteiger partial charge in [-0.2, -0.15) is 15.2 Å². The van der Waals surface area contributed by atoms with Crippen LogP contribution in [-0.4, -0.2) is 28.6 Å². The van der Waals surface area contributed by atoms with Gasteiger partial charge in [0, 0.05) is 12.3 Å². The van der Waals surface area contributed by atoms with Crippen LogP contribution in [0.15, 0.2) is 17.4 Å². The van der Waals surface area contributed by atoms with Gasteiger partial charge in [0.25, 0.3) is 5.91 Å². The van der Waals surface area contributed by atoms with E-state index in [0.717, 1.165) is 5.01 Å². The number of hydrogen-bond acceptors (Lipinski definition) is 3. The van der Waals surface area contributed by atoms with Gasteiger partial charge >= 0.3 is 0 Å². The molecule has 5 nitrogen and oxygen atoms in total. The molecule has 2 heterocycles. The molecule has 0 fully saturated rings. The normalized spacial score (nSPS) is 14.4. The van der Waals surface area contributed by atoms with Gasteiger partial charge in [-0.05, 0) is 0 Å². The van der Waals surface area contributed by atoms with Crippen LogP contribution in [0.3, 0.4) is 0 Å². The molecule has 1 aliphatic heterocycles. The number of nitrogens with zero attached hydrogens (tertiary/aromatic N) is 4. The van der Waals surface area contributed by atoms with Crippen molar-refractivity contribution in [3.05, 3.63) is 12.3 Å². The summed E-state index contributed by atoms with van der Waals surface area (Å²) in [7, 11) is 0. The van der Waals surface area contributed by atoms with Gasteiger partial charge in [0.15, 0.2) is 12.5 Å². The number of hydrazone groups is 1. The van der Waals surface area contributed by atoms with Crippen molar-refractivity contribution in [2.75, 3.05) is 11.7 Å². The summed E-state index contributed by atoms with van der Waals surface area (Å²) in [6.45, 7) is -0.541. The highest BCUT2D eigenvalue weighted by Crippen LogP contribution is 2.16. The Morgan fingerprint density at radius 3 is 3.31 bits per heavy atom. The molecule has 0 spiro atoms. The minimum atomic E-state index is -1.05. The van der Waals surface area contributed by atoms with Crippen LogP contribution in [0.25, 0.3) is 0 Å². The molecule has 13 heavy (non-hydrogen) atoms. The van der Waals surface area contributed by atoms with Crippen LogP contribution in [0, 0.1) is 0 Å². The van der Waals surface area contributed by atoms with E-state index < -0.39 is 12.6 Å². The fraction of sp³-hybridized carbons (Fsp3) is 0.286. The molecule has 0 saturated carbocycles. The van der Waals surface area contributed by atoms with Crippen LogP contribution in [0.4, 0.5) is 10.2 Å². The second-order valence-corrected chi connectivity index (χ2v) is 2.51. The molecule has 0 unspecified atom stereocenters. The Balaban J connectivity index is 2.35. The SMILES string of the molecule is O=C(CF)N1N=CCn2nccc21. The Morgan fingerprint density at radius 1 is 1.69 bits per heavy atom. The van der Waals surface area contributed by atoms with E-state index in [1.54, 1.807) is 16.9 Å². The first kappa shape index (κ1) is 7.90. The van der Waals surface area contributed by atoms with Crippen LogP contribution in [0.1, 0.15) is 0 Å². The number of carbonyl (C=O) groups excluding carboxylic acids is 1. The molecule has 0 radical (unpaired) electrons. The summed E-state index contributed by atoms with van der Waals surface area (Å²) in [4.78, 5) is 11.0. The zero-order chi connectivity index (χ0) is 9.26. The van der Waals surface area contributed by atoms with Gasteiger partial charge in [0.05, 0.1) is 12.7 Å². The minimum absolute atomic E-state index is 0.505. The van der Waals surface area contributed by atoms with Crippen molar-refractivity contribution in [3.63, 3.8) is 0 Å². The summed E-state index contributed by atoms with van der Waals surface area (Å²) >= 11 is 0. The monoisotopic (exact) mass is 182 g/mol. The maximum atomic E-state index is 12.1. The second kappa shape index (κ2) is 2.96. The first-order valence-electron chi connectivity index (χ1n) is 3.76. The topological polar surface area (TPSA) is 50.5 Å². The second-order valence-electron chi connectivity index (χ2n) is 2.51. The lowest BCUT2D eigenvalue weighted by Crippen LogP contribution is -2.32. The fourth-order valence-electron chi connectivity index (χ4n) is 1.15. The van der Waals surface area contributed by atoms with Gasteiger partial charge in [-0.15, -0.1) is 0 Å². The van der Waals surface area contributed by atoms with E-state index in [-0.39, 0.29) is 0 Å². The Hall–Kier alpha value is -1.72. The minimum Gasteiger partial charge on any atom is -0.269 e. The van der Waals surface area contributed by atoms with Gasteiger partial charge in [-0.3, -0.25) is 4.79 Å². The average molecular weight is 182 g/mol. The lowest BCUT2D eigenvalue weighted by Gasteiger charge is -2.19. The van der Waals surface area contributed by atoms with Gasteiger partial charge in [0.2, 0.25) is 0 Å². The van der Waals surface area contributed by atoms with E-state index in [0.29, 0.717) is 12.4 Å². The zero-order valence-electron chi connectivity index (χ0n) is 6.72. The summed E-state index contributed by atoms with van der Waals surface area (Å²) in [6, 6.07) is 1.62. The number of carbonyl (C=O) groups is 1. The predicted molar refractivity (Wildman–Crippen MR) is 44.2 cm³/mol. The van der Waals surface area contributed by atoms with Crippen LogP contribution in [-0.2, 0) is 11.3 Å². The largest absolute Gasteiger partial charge is 0.280 e. The number of alkyl halides is 1. The van der Waals surface area contributed by atoms with E-state index in [2.05, 4.69) is 10.2 Å². The smallest absolute Gasteiger partial charge is 0.269 e. The van der Waals surface area contributed by atoms with Crippen molar-refractivity contribution in [3.8, 4) is 0 Å². The number of fused-ring (bicyclic) bond motifs is 1. The molecule has 1 aromatic heterocycles. The van der Waals surface area contributed by atoms with E-state index in [1.807, 2.05) is 0 Å². The average Bonchev–Trinajstić information content (AvgIpc) is 2.63. The molecule has 6 heteroatoms. The van der Waals surface area contributed by atoms with Crippen molar-refractivity contribution < 1.29 is 9.18 Å². The Labute approximate surface area is 73.4 Å². The molecule has 0 N–H and O–H groups in total. The van der Waals surface area contributed by atoms with E-state index in [9.17, 15) is 9.18 Å². The number of hydrogen-bond donors (Lipinski definition) is 0. The summed E-state index contributed by atoms with van der Waals surface area (Å²) < 4.78 is 13.6. The Bertz CT molecular complexity index is 359. The molecular formula is C7H7FN4O. The molecule has 68 valence electrons. The molecule has 1 aromatic rings. The highest BCUT2D eigenvalue weighted by atomic mass is 19.1. The van der Waals surface area contributed by atoms with Crippen molar-refractivity contribution in [2.24, 2.45) is 5.10 Å².